The third-order valence-corrected chi connectivity index (χ3v) is 6.43. The molecule has 0 aliphatic carbocycles. The fourth-order valence-corrected chi connectivity index (χ4v) is 4.41. The van der Waals surface area contributed by atoms with Gasteiger partial charge in [0, 0.05) is 18.1 Å². The second kappa shape index (κ2) is 12.6. The zero-order chi connectivity index (χ0) is 25.3. The van der Waals surface area contributed by atoms with E-state index >= 15 is 0 Å². The molecule has 186 valence electrons. The van der Waals surface area contributed by atoms with Crippen molar-refractivity contribution in [1.29, 1.82) is 0 Å². The number of sulfonamides is 1. The number of carbonyl (C=O) groups is 2. The van der Waals surface area contributed by atoms with E-state index in [2.05, 4.69) is 5.32 Å². The highest BCUT2D eigenvalue weighted by Gasteiger charge is 2.31. The van der Waals surface area contributed by atoms with Crippen molar-refractivity contribution in [2.24, 2.45) is 0 Å². The lowest BCUT2D eigenvalue weighted by Crippen LogP contribution is -2.51. The predicted molar refractivity (Wildman–Crippen MR) is 135 cm³/mol. The highest BCUT2D eigenvalue weighted by atomic mass is 35.5. The van der Waals surface area contributed by atoms with E-state index < -0.39 is 28.5 Å². The van der Waals surface area contributed by atoms with Crippen LogP contribution in [0.4, 0.5) is 5.69 Å². The first-order chi connectivity index (χ1) is 16.1. The van der Waals surface area contributed by atoms with Crippen molar-refractivity contribution >= 4 is 39.1 Å². The summed E-state index contributed by atoms with van der Waals surface area (Å²) in [4.78, 5) is 27.6. The van der Waals surface area contributed by atoms with Gasteiger partial charge in [0.05, 0.1) is 18.6 Å². The first-order valence-corrected chi connectivity index (χ1v) is 13.3. The van der Waals surface area contributed by atoms with Gasteiger partial charge >= 0.3 is 0 Å². The van der Waals surface area contributed by atoms with E-state index in [1.807, 2.05) is 6.92 Å². The molecule has 10 heteroatoms. The van der Waals surface area contributed by atoms with Crippen molar-refractivity contribution in [1.82, 2.24) is 10.2 Å². The molecule has 0 saturated heterocycles. The Morgan fingerprint density at radius 2 is 1.82 bits per heavy atom. The van der Waals surface area contributed by atoms with Crippen molar-refractivity contribution in [2.75, 3.05) is 30.3 Å². The molecule has 1 unspecified atom stereocenters. The Morgan fingerprint density at radius 1 is 1.12 bits per heavy atom. The molecule has 0 heterocycles. The van der Waals surface area contributed by atoms with E-state index in [1.54, 1.807) is 62.4 Å². The number of carbonyl (C=O) groups excluding carboxylic acids is 2. The molecule has 2 rings (SSSR count). The number of rotatable bonds is 12. The molecule has 0 aliphatic rings. The minimum absolute atomic E-state index is 0.0881. The molecular weight excluding hydrogens is 478 g/mol. The molecule has 34 heavy (non-hydrogen) atoms. The van der Waals surface area contributed by atoms with Gasteiger partial charge in [-0.25, -0.2) is 8.42 Å². The number of ether oxygens (including phenoxy) is 1. The molecule has 2 aromatic carbocycles. The van der Waals surface area contributed by atoms with E-state index in [-0.39, 0.29) is 18.1 Å². The third-order valence-electron chi connectivity index (χ3n) is 5.07. The quantitative estimate of drug-likeness (QED) is 0.472. The van der Waals surface area contributed by atoms with Crippen LogP contribution in [0.3, 0.4) is 0 Å². The summed E-state index contributed by atoms with van der Waals surface area (Å²) in [7, 11) is -3.84. The summed E-state index contributed by atoms with van der Waals surface area (Å²) in [5.74, 6) is -0.507. The Morgan fingerprint density at radius 3 is 2.44 bits per heavy atom. The first-order valence-electron chi connectivity index (χ1n) is 11.1. The highest BCUT2D eigenvalue weighted by molar-refractivity contribution is 7.92. The van der Waals surface area contributed by atoms with Crippen LogP contribution < -0.4 is 14.4 Å². The summed E-state index contributed by atoms with van der Waals surface area (Å²) in [6, 6.07) is 12.8. The number of benzene rings is 2. The number of amides is 2. The van der Waals surface area contributed by atoms with Gasteiger partial charge in [-0.2, -0.15) is 0 Å². The van der Waals surface area contributed by atoms with Gasteiger partial charge in [0.1, 0.15) is 18.3 Å². The molecule has 1 atom stereocenters. The Bertz CT molecular complexity index is 1090. The fourth-order valence-electron chi connectivity index (χ4n) is 3.35. The van der Waals surface area contributed by atoms with Crippen LogP contribution >= 0.6 is 11.6 Å². The molecule has 0 radical (unpaired) electrons. The molecule has 0 saturated carbocycles. The highest BCUT2D eigenvalue weighted by Crippen LogP contribution is 2.30. The number of para-hydroxylation sites is 2. The molecule has 8 nitrogen and oxygen atoms in total. The summed E-state index contributed by atoms with van der Waals surface area (Å²) in [6.07, 6.45) is 1.78. The second-order valence-electron chi connectivity index (χ2n) is 7.79. The molecule has 0 bridgehead atoms. The van der Waals surface area contributed by atoms with Gasteiger partial charge in [0.2, 0.25) is 21.8 Å². The summed E-state index contributed by atoms with van der Waals surface area (Å²) in [5.41, 5.74) is 0.975. The van der Waals surface area contributed by atoms with Crippen molar-refractivity contribution in [2.45, 2.75) is 39.8 Å². The molecule has 2 aromatic rings. The zero-order valence-corrected chi connectivity index (χ0v) is 21.5. The molecule has 0 spiro atoms. The molecule has 0 aromatic heterocycles. The lowest BCUT2D eigenvalue weighted by atomic mass is 10.1. The fraction of sp³-hybridized carbons (Fsp3) is 0.417. The maximum atomic E-state index is 13.5. The SMILES string of the molecule is CCCNC(=O)C(C)N(Cc1cccc(Cl)c1)C(=O)CN(c1ccccc1OCC)S(C)(=O)=O. The average molecular weight is 510 g/mol. The molecule has 0 fully saturated rings. The molecule has 1 N–H and O–H groups in total. The largest absolute Gasteiger partial charge is 0.492 e. The topological polar surface area (TPSA) is 96.0 Å². The van der Waals surface area contributed by atoms with Crippen molar-refractivity contribution in [3.8, 4) is 5.75 Å². The first kappa shape index (κ1) is 27.5. The van der Waals surface area contributed by atoms with Crippen LogP contribution in [0.25, 0.3) is 0 Å². The Hall–Kier alpha value is -2.78. The van der Waals surface area contributed by atoms with E-state index in [0.717, 1.165) is 22.5 Å². The summed E-state index contributed by atoms with van der Waals surface area (Å²) < 4.78 is 32.0. The summed E-state index contributed by atoms with van der Waals surface area (Å²) in [5, 5.41) is 3.29. The minimum atomic E-state index is -3.84. The van der Waals surface area contributed by atoms with Crippen LogP contribution in [-0.2, 0) is 26.2 Å². The van der Waals surface area contributed by atoms with Gasteiger partial charge in [-0.3, -0.25) is 13.9 Å². The number of hydrogen-bond donors (Lipinski definition) is 1. The van der Waals surface area contributed by atoms with Crippen LogP contribution in [0, 0.1) is 0 Å². The van der Waals surface area contributed by atoms with Crippen LogP contribution in [0.1, 0.15) is 32.8 Å². The monoisotopic (exact) mass is 509 g/mol. The van der Waals surface area contributed by atoms with Crippen molar-refractivity contribution in [3.05, 3.63) is 59.1 Å². The third kappa shape index (κ3) is 7.63. The van der Waals surface area contributed by atoms with E-state index in [0.29, 0.717) is 23.9 Å². The number of anilines is 1. The number of nitrogens with zero attached hydrogens (tertiary/aromatic N) is 2. The van der Waals surface area contributed by atoms with Gasteiger partial charge in [0.15, 0.2) is 0 Å². The molecule has 0 aliphatic heterocycles. The molecular formula is C24H32ClN3O5S. The van der Waals surface area contributed by atoms with Gasteiger partial charge in [-0.15, -0.1) is 0 Å². The molecule has 2 amide bonds. The maximum Gasteiger partial charge on any atom is 0.244 e. The normalized spacial score (nSPS) is 12.0. The summed E-state index contributed by atoms with van der Waals surface area (Å²) in [6.45, 7) is 5.74. The van der Waals surface area contributed by atoms with Gasteiger partial charge in [-0.05, 0) is 50.1 Å². The Balaban J connectivity index is 2.42. The van der Waals surface area contributed by atoms with Crippen molar-refractivity contribution in [3.63, 3.8) is 0 Å². The predicted octanol–water partition coefficient (Wildman–Crippen LogP) is 3.45. The van der Waals surface area contributed by atoms with Crippen molar-refractivity contribution < 1.29 is 22.7 Å². The number of nitrogens with one attached hydrogen (secondary N) is 1. The second-order valence-corrected chi connectivity index (χ2v) is 10.1. The Labute approximate surface area is 206 Å². The number of hydrogen-bond acceptors (Lipinski definition) is 5. The zero-order valence-electron chi connectivity index (χ0n) is 20.0. The lowest BCUT2D eigenvalue weighted by Gasteiger charge is -2.32. The smallest absolute Gasteiger partial charge is 0.244 e. The number of halogens is 1. The van der Waals surface area contributed by atoms with E-state index in [9.17, 15) is 18.0 Å². The van der Waals surface area contributed by atoms with Gasteiger partial charge < -0.3 is 15.0 Å². The minimum Gasteiger partial charge on any atom is -0.492 e. The van der Waals surface area contributed by atoms with E-state index in [4.69, 9.17) is 16.3 Å². The van der Waals surface area contributed by atoms with Crippen LogP contribution in [-0.4, -0.2) is 57.1 Å². The standard InChI is InChI=1S/C24H32ClN3O5S/c1-5-14-26-24(30)18(3)27(16-19-10-9-11-20(25)15-19)23(29)17-28(34(4,31)32)21-12-7-8-13-22(21)33-6-2/h7-13,15,18H,5-6,14,16-17H2,1-4H3,(H,26,30). The summed E-state index contributed by atoms with van der Waals surface area (Å²) >= 11 is 6.11. The van der Waals surface area contributed by atoms with E-state index in [1.165, 1.54) is 4.90 Å². The average Bonchev–Trinajstić information content (AvgIpc) is 2.79. The maximum absolute atomic E-state index is 13.5. The Kier molecular flexibility index (Phi) is 10.2. The lowest BCUT2D eigenvalue weighted by molar-refractivity contribution is -0.139. The van der Waals surface area contributed by atoms with Gasteiger partial charge in [0.25, 0.3) is 0 Å². The van der Waals surface area contributed by atoms with Gasteiger partial charge in [-0.1, -0.05) is 42.8 Å². The van der Waals surface area contributed by atoms with Crippen LogP contribution in [0.2, 0.25) is 5.02 Å². The van der Waals surface area contributed by atoms with Crippen LogP contribution in [0.5, 0.6) is 5.75 Å². The van der Waals surface area contributed by atoms with Crippen LogP contribution in [0.15, 0.2) is 48.5 Å².